The van der Waals surface area contributed by atoms with E-state index < -0.39 is 34.2 Å². The highest BCUT2D eigenvalue weighted by Gasteiger charge is 2.25. The monoisotopic (exact) mass is 433 g/mol. The number of nitro benzene ring substituents is 1. The van der Waals surface area contributed by atoms with Crippen LogP contribution in [0.2, 0.25) is 0 Å². The van der Waals surface area contributed by atoms with Crippen LogP contribution in [0.25, 0.3) is 6.08 Å². The fourth-order valence-corrected chi connectivity index (χ4v) is 2.38. The van der Waals surface area contributed by atoms with Crippen LogP contribution in [0.15, 0.2) is 17.7 Å². The summed E-state index contributed by atoms with van der Waals surface area (Å²) in [5, 5.41) is 30.8. The van der Waals surface area contributed by atoms with Crippen molar-refractivity contribution in [2.75, 3.05) is 19.7 Å². The van der Waals surface area contributed by atoms with E-state index in [0.29, 0.717) is 13.1 Å². The Morgan fingerprint density at radius 2 is 1.90 bits per heavy atom. The lowest BCUT2D eigenvalue weighted by atomic mass is 9.92. The van der Waals surface area contributed by atoms with E-state index >= 15 is 0 Å². The molecule has 1 aromatic rings. The normalized spacial score (nSPS) is 11.4. The molecule has 10 heteroatoms. The molecule has 0 aliphatic carbocycles. The molecule has 0 saturated heterocycles. The molecule has 0 radical (unpaired) electrons. The van der Waals surface area contributed by atoms with Gasteiger partial charge in [0.05, 0.1) is 4.92 Å². The molecule has 1 rings (SSSR count). The zero-order valence-electron chi connectivity index (χ0n) is 18.3. The molecule has 0 aliphatic heterocycles. The molecule has 0 saturated carbocycles. The van der Waals surface area contributed by atoms with E-state index in [1.165, 1.54) is 4.90 Å². The van der Waals surface area contributed by atoms with Crippen molar-refractivity contribution in [1.29, 1.82) is 5.26 Å². The highest BCUT2D eigenvalue weighted by Crippen LogP contribution is 2.38. The summed E-state index contributed by atoms with van der Waals surface area (Å²) >= 11 is 0. The van der Waals surface area contributed by atoms with E-state index in [2.05, 4.69) is 0 Å². The third-order valence-corrected chi connectivity index (χ3v) is 4.72. The van der Waals surface area contributed by atoms with Gasteiger partial charge in [-0.15, -0.1) is 0 Å². The average molecular weight is 433 g/mol. The number of hydrogen-bond donors (Lipinski definition) is 1. The van der Waals surface area contributed by atoms with E-state index in [0.717, 1.165) is 24.6 Å². The summed E-state index contributed by atoms with van der Waals surface area (Å²) in [6.07, 6.45) is 0.715. The lowest BCUT2D eigenvalue weighted by Crippen LogP contribution is -2.31. The van der Waals surface area contributed by atoms with Gasteiger partial charge in [0, 0.05) is 19.2 Å². The smallest absolute Gasteiger partial charge is 0.499 e. The molecule has 1 N–H and O–H groups in total. The van der Waals surface area contributed by atoms with Gasteiger partial charge < -0.3 is 19.5 Å². The second kappa shape index (κ2) is 11.0. The fraction of sp³-hybridized carbons (Fsp3) is 0.476. The van der Waals surface area contributed by atoms with Crippen molar-refractivity contribution in [2.45, 2.75) is 41.0 Å². The Hall–Kier alpha value is -3.61. The number of benzene rings is 1. The van der Waals surface area contributed by atoms with Gasteiger partial charge in [0.15, 0.2) is 5.75 Å². The molecule has 1 amide bonds. The molecule has 0 aliphatic rings. The van der Waals surface area contributed by atoms with Crippen LogP contribution in [-0.4, -0.2) is 46.7 Å². The number of ether oxygens (including phenoxy) is 2. The summed E-state index contributed by atoms with van der Waals surface area (Å²) in [5.41, 5.74) is -1.29. The molecule has 0 fully saturated rings. The van der Waals surface area contributed by atoms with Gasteiger partial charge in [-0.05, 0) is 43.4 Å². The number of carbonyl (C=O) groups is 2. The number of nitrogens with zero attached hydrogens (tertiary/aromatic N) is 3. The third kappa shape index (κ3) is 6.99. The van der Waals surface area contributed by atoms with Crippen LogP contribution in [0.1, 0.15) is 46.6 Å². The van der Waals surface area contributed by atoms with Gasteiger partial charge in [-0.25, -0.2) is 4.79 Å². The van der Waals surface area contributed by atoms with Crippen molar-refractivity contribution in [2.24, 2.45) is 5.41 Å². The van der Waals surface area contributed by atoms with Gasteiger partial charge in [-0.3, -0.25) is 14.9 Å². The van der Waals surface area contributed by atoms with Gasteiger partial charge in [0.2, 0.25) is 5.75 Å². The second-order valence-corrected chi connectivity index (χ2v) is 7.45. The van der Waals surface area contributed by atoms with Crippen molar-refractivity contribution >= 4 is 23.8 Å². The molecule has 10 nitrogen and oxygen atoms in total. The molecule has 168 valence electrons. The SMILES string of the molecule is CCN(CC)C(=O)/C(C#N)=C/c1cc(OC(=O)OCC(C)(C)CC)c(O)c([N+](=O)[O-])c1. The Kier molecular flexibility index (Phi) is 8.99. The van der Waals surface area contributed by atoms with E-state index in [4.69, 9.17) is 9.47 Å². The summed E-state index contributed by atoms with van der Waals surface area (Å²) < 4.78 is 9.99. The molecule has 0 spiro atoms. The lowest BCUT2D eigenvalue weighted by Gasteiger charge is -2.21. The standard InChI is InChI=1S/C21H27N3O7/c1-6-21(4,5)13-30-20(27)31-17-11-14(10-16(18(17)25)24(28)29)9-15(12-22)19(26)23(7-2)8-3/h9-11,25H,6-8,13H2,1-5H3/b15-9+. The number of hydrogen-bond acceptors (Lipinski definition) is 8. The molecular formula is C21H27N3O7. The molecule has 0 atom stereocenters. The topological polar surface area (TPSA) is 143 Å². The second-order valence-electron chi connectivity index (χ2n) is 7.45. The van der Waals surface area contributed by atoms with Crippen LogP contribution < -0.4 is 4.74 Å². The number of phenolic OH excluding ortho intramolecular Hbond substituents is 1. The molecule has 1 aromatic carbocycles. The minimum absolute atomic E-state index is 0.0262. The van der Waals surface area contributed by atoms with Crippen LogP contribution in [0.5, 0.6) is 11.5 Å². The van der Waals surface area contributed by atoms with Crippen LogP contribution in [0.3, 0.4) is 0 Å². The van der Waals surface area contributed by atoms with E-state index in [9.17, 15) is 30.1 Å². The first-order chi connectivity index (χ1) is 14.5. The van der Waals surface area contributed by atoms with E-state index in [-0.39, 0.29) is 23.2 Å². The van der Waals surface area contributed by atoms with Gasteiger partial charge >= 0.3 is 11.8 Å². The molecule has 0 aromatic heterocycles. The summed E-state index contributed by atoms with van der Waals surface area (Å²) in [4.78, 5) is 36.3. The van der Waals surface area contributed by atoms with Gasteiger partial charge in [-0.1, -0.05) is 20.8 Å². The zero-order chi connectivity index (χ0) is 23.8. The first-order valence-corrected chi connectivity index (χ1v) is 9.76. The van der Waals surface area contributed by atoms with Crippen LogP contribution in [0, 0.1) is 26.9 Å². The molecular weight excluding hydrogens is 406 g/mol. The van der Waals surface area contributed by atoms with Gasteiger partial charge in [0.1, 0.15) is 18.2 Å². The van der Waals surface area contributed by atoms with Gasteiger partial charge in [-0.2, -0.15) is 5.26 Å². The van der Waals surface area contributed by atoms with E-state index in [1.807, 2.05) is 20.8 Å². The van der Waals surface area contributed by atoms with Crippen LogP contribution in [0.4, 0.5) is 10.5 Å². The average Bonchev–Trinajstić information content (AvgIpc) is 2.73. The Morgan fingerprint density at radius 3 is 2.39 bits per heavy atom. The largest absolute Gasteiger partial charge is 0.513 e. The van der Waals surface area contributed by atoms with Crippen molar-refractivity contribution < 1.29 is 29.1 Å². The maximum absolute atomic E-state index is 12.4. The van der Waals surface area contributed by atoms with Crippen LogP contribution >= 0.6 is 0 Å². The van der Waals surface area contributed by atoms with Crippen molar-refractivity contribution in [3.63, 3.8) is 0 Å². The Labute approximate surface area is 180 Å². The Balaban J connectivity index is 3.31. The van der Waals surface area contributed by atoms with Gasteiger partial charge in [0.25, 0.3) is 5.91 Å². The number of rotatable bonds is 9. The fourth-order valence-electron chi connectivity index (χ4n) is 2.38. The minimum Gasteiger partial charge on any atom is -0.499 e. The van der Waals surface area contributed by atoms with E-state index in [1.54, 1.807) is 19.9 Å². The number of aromatic hydroxyl groups is 1. The number of amides is 1. The predicted molar refractivity (Wildman–Crippen MR) is 112 cm³/mol. The summed E-state index contributed by atoms with van der Waals surface area (Å²) in [7, 11) is 0. The number of nitriles is 1. The van der Waals surface area contributed by atoms with Crippen LogP contribution in [-0.2, 0) is 9.53 Å². The summed E-state index contributed by atoms with van der Waals surface area (Å²) in [5.74, 6) is -1.94. The van der Waals surface area contributed by atoms with Crippen molar-refractivity contribution in [3.05, 3.63) is 33.4 Å². The zero-order valence-corrected chi connectivity index (χ0v) is 18.3. The Bertz CT molecular complexity index is 912. The number of phenols is 1. The number of carbonyl (C=O) groups excluding carboxylic acids is 2. The highest BCUT2D eigenvalue weighted by atomic mass is 16.7. The number of nitro groups is 1. The maximum atomic E-state index is 12.4. The molecule has 0 heterocycles. The van der Waals surface area contributed by atoms with Crippen molar-refractivity contribution in [3.8, 4) is 17.6 Å². The summed E-state index contributed by atoms with van der Waals surface area (Å²) in [6, 6.07) is 3.86. The lowest BCUT2D eigenvalue weighted by molar-refractivity contribution is -0.385. The Morgan fingerprint density at radius 1 is 1.29 bits per heavy atom. The first-order valence-electron chi connectivity index (χ1n) is 9.76. The van der Waals surface area contributed by atoms with Crippen molar-refractivity contribution in [1.82, 2.24) is 4.90 Å². The third-order valence-electron chi connectivity index (χ3n) is 4.72. The molecule has 0 unspecified atom stereocenters. The first kappa shape index (κ1) is 25.4. The molecule has 0 bridgehead atoms. The molecule has 31 heavy (non-hydrogen) atoms. The number of likely N-dealkylation sites (N-methyl/N-ethyl adjacent to an activating group) is 1. The maximum Gasteiger partial charge on any atom is 0.513 e. The minimum atomic E-state index is -1.15. The summed E-state index contributed by atoms with van der Waals surface area (Å²) in [6.45, 7) is 9.97. The predicted octanol–water partition coefficient (Wildman–Crippen LogP) is 4.03. The highest BCUT2D eigenvalue weighted by molar-refractivity contribution is 6.01. The quantitative estimate of drug-likeness (QED) is 0.154.